The van der Waals surface area contributed by atoms with E-state index in [0.29, 0.717) is 12.4 Å². The van der Waals surface area contributed by atoms with Crippen molar-refractivity contribution in [3.63, 3.8) is 0 Å². The molecule has 23 heavy (non-hydrogen) atoms. The average Bonchev–Trinajstić information content (AvgIpc) is 2.97. The number of aliphatic carboxylic acids is 1. The molecule has 0 saturated heterocycles. The Morgan fingerprint density at radius 3 is 2.61 bits per heavy atom. The van der Waals surface area contributed by atoms with Crippen LogP contribution in [-0.4, -0.2) is 26.0 Å². The third-order valence-corrected chi connectivity index (χ3v) is 3.87. The van der Waals surface area contributed by atoms with Gasteiger partial charge in [-0.1, -0.05) is 44.2 Å². The number of hydrogen-bond acceptors (Lipinski definition) is 4. The van der Waals surface area contributed by atoms with Gasteiger partial charge in [0.05, 0.1) is 5.69 Å². The van der Waals surface area contributed by atoms with Crippen LogP contribution < -0.4 is 4.90 Å². The summed E-state index contributed by atoms with van der Waals surface area (Å²) in [5, 5.41) is 24.0. The number of carboxylic acid groups (broad SMARTS) is 1. The van der Waals surface area contributed by atoms with E-state index in [1.807, 2.05) is 55.1 Å². The average molecular weight is 313 g/mol. The first kappa shape index (κ1) is 15.3. The smallest absolute Gasteiger partial charge is 0.337 e. The van der Waals surface area contributed by atoms with Crippen molar-refractivity contribution in [2.24, 2.45) is 0 Å². The minimum Gasteiger partial charge on any atom is -0.478 e. The van der Waals surface area contributed by atoms with Gasteiger partial charge in [-0.05, 0) is 11.5 Å². The molecule has 1 unspecified atom stereocenters. The molecule has 2 heterocycles. The van der Waals surface area contributed by atoms with E-state index in [1.165, 1.54) is 10.9 Å². The molecule has 0 radical (unpaired) electrons. The predicted octanol–water partition coefficient (Wildman–Crippen LogP) is 2.49. The van der Waals surface area contributed by atoms with Gasteiger partial charge in [-0.15, -0.1) is 0 Å². The molecule has 1 aromatic carbocycles. The summed E-state index contributed by atoms with van der Waals surface area (Å²) < 4.78 is 1.38. The normalized spacial score (nSPS) is 17.1. The zero-order chi connectivity index (χ0) is 16.6. The second-order valence-corrected chi connectivity index (χ2v) is 5.90. The largest absolute Gasteiger partial charge is 0.478 e. The highest BCUT2D eigenvalue weighted by Crippen LogP contribution is 2.33. The molecule has 0 aliphatic carbocycles. The molecule has 1 aliphatic rings. The Morgan fingerprint density at radius 1 is 1.30 bits per heavy atom. The third kappa shape index (κ3) is 2.85. The lowest BCUT2D eigenvalue weighted by molar-refractivity contribution is -0.134. The second-order valence-electron chi connectivity index (χ2n) is 5.90. The van der Waals surface area contributed by atoms with Gasteiger partial charge in [-0.3, -0.25) is 0 Å². The number of aliphatic hydroxyl groups excluding tert-OH is 1. The van der Waals surface area contributed by atoms with Gasteiger partial charge in [-0.25, -0.2) is 9.48 Å². The number of fused-ring (bicyclic) bond motifs is 1. The molecule has 2 aromatic rings. The van der Waals surface area contributed by atoms with Crippen LogP contribution in [0.2, 0.25) is 0 Å². The minimum atomic E-state index is -1.28. The quantitative estimate of drug-likeness (QED) is 0.906. The van der Waals surface area contributed by atoms with E-state index >= 15 is 0 Å². The highest BCUT2D eigenvalue weighted by Gasteiger charge is 2.31. The fourth-order valence-electron chi connectivity index (χ4n) is 2.58. The van der Waals surface area contributed by atoms with Crippen LogP contribution in [0.1, 0.15) is 37.3 Å². The molecule has 1 aliphatic heterocycles. The second kappa shape index (κ2) is 5.89. The molecular weight excluding hydrogens is 294 g/mol. The molecule has 0 amide bonds. The van der Waals surface area contributed by atoms with Gasteiger partial charge in [0.1, 0.15) is 11.4 Å². The van der Waals surface area contributed by atoms with Crippen LogP contribution >= 0.6 is 0 Å². The Labute approximate surface area is 134 Å². The van der Waals surface area contributed by atoms with E-state index in [0.717, 1.165) is 11.3 Å². The minimum absolute atomic E-state index is 0.0909. The zero-order valence-electron chi connectivity index (χ0n) is 13.0. The summed E-state index contributed by atoms with van der Waals surface area (Å²) in [6, 6.07) is 11.7. The highest BCUT2D eigenvalue weighted by molar-refractivity contribution is 5.88. The number of nitrogens with zero attached hydrogens (tertiary/aromatic N) is 3. The number of aromatic nitrogens is 2. The van der Waals surface area contributed by atoms with Gasteiger partial charge in [0.15, 0.2) is 6.23 Å². The Kier molecular flexibility index (Phi) is 3.92. The van der Waals surface area contributed by atoms with Crippen molar-refractivity contribution in [3.8, 4) is 0 Å². The van der Waals surface area contributed by atoms with Gasteiger partial charge in [0.25, 0.3) is 0 Å². The van der Waals surface area contributed by atoms with Crippen LogP contribution in [0.5, 0.6) is 0 Å². The van der Waals surface area contributed by atoms with Gasteiger partial charge in [0, 0.05) is 18.8 Å². The number of rotatable bonds is 4. The summed E-state index contributed by atoms with van der Waals surface area (Å²) in [6.45, 7) is 4.52. The van der Waals surface area contributed by atoms with Crippen molar-refractivity contribution >= 4 is 11.8 Å². The summed E-state index contributed by atoms with van der Waals surface area (Å²) in [5.74, 6) is -0.273. The number of benzene rings is 1. The number of anilines is 1. The molecule has 1 atom stereocenters. The monoisotopic (exact) mass is 313 g/mol. The molecular formula is C17H19N3O3. The summed E-state index contributed by atoms with van der Waals surface area (Å²) in [4.78, 5) is 13.2. The molecule has 0 saturated carbocycles. The Morgan fingerprint density at radius 2 is 2.00 bits per heavy atom. The van der Waals surface area contributed by atoms with Crippen molar-refractivity contribution < 1.29 is 15.0 Å². The van der Waals surface area contributed by atoms with Crippen LogP contribution in [0.4, 0.5) is 5.82 Å². The van der Waals surface area contributed by atoms with Gasteiger partial charge in [-0.2, -0.15) is 5.10 Å². The molecule has 0 fully saturated rings. The van der Waals surface area contributed by atoms with Crippen molar-refractivity contribution in [1.29, 1.82) is 0 Å². The summed E-state index contributed by atoms with van der Waals surface area (Å²) in [5.41, 5.74) is 1.77. The van der Waals surface area contributed by atoms with Crippen LogP contribution in [0.3, 0.4) is 0 Å². The first-order valence-corrected chi connectivity index (χ1v) is 7.50. The molecule has 120 valence electrons. The lowest BCUT2D eigenvalue weighted by Gasteiger charge is -2.29. The molecule has 3 rings (SSSR count). The van der Waals surface area contributed by atoms with Crippen molar-refractivity contribution in [1.82, 2.24) is 9.78 Å². The first-order chi connectivity index (χ1) is 11.0. The molecule has 6 nitrogen and oxygen atoms in total. The number of carboxylic acids is 1. The standard InChI is InChI=1S/C17H19N3O3/c1-11(2)14-8-15-19(9-12-6-4-3-5-7-12)10-13(17(22)23)16(21)20(15)18-14/h3-8,10-11,16,21H,9H2,1-2H3,(H,22,23). The van der Waals surface area contributed by atoms with E-state index in [1.54, 1.807) is 0 Å². The predicted molar refractivity (Wildman–Crippen MR) is 85.9 cm³/mol. The lowest BCUT2D eigenvalue weighted by atomic mass is 10.1. The van der Waals surface area contributed by atoms with Crippen LogP contribution in [0.25, 0.3) is 0 Å². The van der Waals surface area contributed by atoms with Crippen molar-refractivity contribution in [2.45, 2.75) is 32.5 Å². The summed E-state index contributed by atoms with van der Waals surface area (Å²) >= 11 is 0. The molecule has 0 bridgehead atoms. The van der Waals surface area contributed by atoms with E-state index in [9.17, 15) is 15.0 Å². The van der Waals surface area contributed by atoms with E-state index in [4.69, 9.17) is 0 Å². The summed E-state index contributed by atoms with van der Waals surface area (Å²) in [6.07, 6.45) is 0.211. The number of hydrogen-bond donors (Lipinski definition) is 2. The maximum Gasteiger partial charge on any atom is 0.337 e. The molecule has 2 N–H and O–H groups in total. The fraction of sp³-hybridized carbons (Fsp3) is 0.294. The fourth-order valence-corrected chi connectivity index (χ4v) is 2.58. The maximum absolute atomic E-state index is 11.4. The lowest BCUT2D eigenvalue weighted by Crippen LogP contribution is -2.31. The van der Waals surface area contributed by atoms with Gasteiger partial charge < -0.3 is 15.1 Å². The Balaban J connectivity index is 2.03. The van der Waals surface area contributed by atoms with E-state index in [2.05, 4.69) is 5.10 Å². The number of carbonyl (C=O) groups is 1. The Hall–Kier alpha value is -2.60. The SMILES string of the molecule is CC(C)c1cc2n(n1)C(O)C(C(=O)O)=CN2Cc1ccccc1. The topological polar surface area (TPSA) is 78.6 Å². The van der Waals surface area contributed by atoms with Crippen LogP contribution in [0, 0.1) is 0 Å². The maximum atomic E-state index is 11.4. The van der Waals surface area contributed by atoms with Gasteiger partial charge in [0.2, 0.25) is 0 Å². The van der Waals surface area contributed by atoms with Crippen molar-refractivity contribution in [3.05, 3.63) is 59.4 Å². The molecule has 1 aromatic heterocycles. The van der Waals surface area contributed by atoms with E-state index in [-0.39, 0.29) is 11.5 Å². The Bertz CT molecular complexity index is 750. The first-order valence-electron chi connectivity index (χ1n) is 7.50. The van der Waals surface area contributed by atoms with Gasteiger partial charge >= 0.3 is 5.97 Å². The zero-order valence-corrected chi connectivity index (χ0v) is 13.0. The third-order valence-electron chi connectivity index (χ3n) is 3.87. The molecule has 0 spiro atoms. The van der Waals surface area contributed by atoms with E-state index < -0.39 is 12.2 Å². The van der Waals surface area contributed by atoms with Crippen LogP contribution in [-0.2, 0) is 11.3 Å². The highest BCUT2D eigenvalue weighted by atomic mass is 16.4. The molecule has 6 heteroatoms. The van der Waals surface area contributed by atoms with Crippen LogP contribution in [0.15, 0.2) is 48.2 Å². The summed E-state index contributed by atoms with van der Waals surface area (Å²) in [7, 11) is 0. The van der Waals surface area contributed by atoms with Crippen molar-refractivity contribution in [2.75, 3.05) is 4.90 Å². The number of aliphatic hydroxyl groups is 1.